The number of halogens is 1. The molecule has 0 bridgehead atoms. The molecule has 0 heterocycles. The molecule has 4 nitrogen and oxygen atoms in total. The number of methoxy groups -OCH3 is 3. The smallest absolute Gasteiger partial charge is 0.185 e. The van der Waals surface area contributed by atoms with E-state index in [0.717, 1.165) is 22.4 Å². The molecule has 0 saturated carbocycles. The molecule has 0 aromatic heterocycles. The van der Waals surface area contributed by atoms with E-state index in [0.29, 0.717) is 17.1 Å². The zero-order valence-electron chi connectivity index (χ0n) is 17.6. The van der Waals surface area contributed by atoms with Gasteiger partial charge in [-0.05, 0) is 65.7 Å². The third-order valence-electron chi connectivity index (χ3n) is 4.70. The highest BCUT2D eigenvalue weighted by atomic mass is 19.1. The number of allylic oxidation sites excluding steroid dienone is 1. The fourth-order valence-electron chi connectivity index (χ4n) is 3.00. The van der Waals surface area contributed by atoms with Gasteiger partial charge in [-0.25, -0.2) is 4.39 Å². The number of hydrogen-bond donors (Lipinski definition) is 0. The second kappa shape index (κ2) is 10.3. The quantitative estimate of drug-likeness (QED) is 0.259. The molecule has 0 amide bonds. The molecular formula is C26H23FO4. The molecule has 0 aliphatic carbocycles. The summed E-state index contributed by atoms with van der Waals surface area (Å²) < 4.78 is 29.2. The minimum absolute atomic E-state index is 0.233. The molecule has 0 aliphatic rings. The molecule has 0 radical (unpaired) electrons. The maximum absolute atomic E-state index is 13.1. The first-order chi connectivity index (χ1) is 15.0. The van der Waals surface area contributed by atoms with Crippen LogP contribution in [0.25, 0.3) is 18.2 Å². The average molecular weight is 418 g/mol. The molecule has 0 unspecified atom stereocenters. The maximum atomic E-state index is 13.1. The van der Waals surface area contributed by atoms with Gasteiger partial charge in [0.25, 0.3) is 0 Å². The van der Waals surface area contributed by atoms with E-state index in [1.807, 2.05) is 42.5 Å². The second-order valence-corrected chi connectivity index (χ2v) is 6.64. The predicted octanol–water partition coefficient (Wildman–Crippen LogP) is 5.92. The molecular weight excluding hydrogens is 395 g/mol. The highest BCUT2D eigenvalue weighted by Gasteiger charge is 2.10. The number of ketones is 1. The van der Waals surface area contributed by atoms with Gasteiger partial charge >= 0.3 is 0 Å². The molecule has 3 aromatic rings. The van der Waals surface area contributed by atoms with Gasteiger partial charge in [0.2, 0.25) is 0 Å². The van der Waals surface area contributed by atoms with E-state index >= 15 is 0 Å². The molecule has 5 heteroatoms. The lowest BCUT2D eigenvalue weighted by atomic mass is 10.0. The third-order valence-corrected chi connectivity index (χ3v) is 4.70. The van der Waals surface area contributed by atoms with E-state index in [-0.39, 0.29) is 11.6 Å². The summed E-state index contributed by atoms with van der Waals surface area (Å²) in [5.74, 6) is 1.36. The Morgan fingerprint density at radius 1 is 0.774 bits per heavy atom. The Hall–Kier alpha value is -3.86. The van der Waals surface area contributed by atoms with Crippen LogP contribution in [-0.4, -0.2) is 27.1 Å². The van der Waals surface area contributed by atoms with Gasteiger partial charge in [0.05, 0.1) is 21.3 Å². The molecule has 0 N–H and O–H groups in total. The van der Waals surface area contributed by atoms with Gasteiger partial charge in [-0.2, -0.15) is 0 Å². The minimum Gasteiger partial charge on any atom is -0.497 e. The van der Waals surface area contributed by atoms with E-state index in [2.05, 4.69) is 0 Å². The highest BCUT2D eigenvalue weighted by molar-refractivity contribution is 6.07. The van der Waals surface area contributed by atoms with Crippen LogP contribution in [0.15, 0.2) is 66.7 Å². The van der Waals surface area contributed by atoms with E-state index < -0.39 is 0 Å². The van der Waals surface area contributed by atoms with Crippen molar-refractivity contribution in [2.24, 2.45) is 0 Å². The number of hydrogen-bond acceptors (Lipinski definition) is 4. The Labute approximate surface area is 181 Å². The number of ether oxygens (including phenoxy) is 3. The summed E-state index contributed by atoms with van der Waals surface area (Å²) in [5.41, 5.74) is 2.93. The van der Waals surface area contributed by atoms with E-state index in [1.54, 1.807) is 33.5 Å². The van der Waals surface area contributed by atoms with Gasteiger partial charge in [0, 0.05) is 17.2 Å². The van der Waals surface area contributed by atoms with Crippen molar-refractivity contribution in [3.05, 3.63) is 94.8 Å². The normalized spacial score (nSPS) is 11.1. The third kappa shape index (κ3) is 5.60. The molecule has 0 spiro atoms. The highest BCUT2D eigenvalue weighted by Crippen LogP contribution is 2.31. The zero-order chi connectivity index (χ0) is 22.2. The monoisotopic (exact) mass is 418 g/mol. The van der Waals surface area contributed by atoms with Crippen LogP contribution in [-0.2, 0) is 0 Å². The van der Waals surface area contributed by atoms with E-state index in [1.165, 1.54) is 30.3 Å². The average Bonchev–Trinajstić information content (AvgIpc) is 2.81. The van der Waals surface area contributed by atoms with Gasteiger partial charge in [0.1, 0.15) is 23.1 Å². The summed E-state index contributed by atoms with van der Waals surface area (Å²) in [5, 5.41) is 0. The molecule has 0 aliphatic heterocycles. The first-order valence-corrected chi connectivity index (χ1v) is 9.60. The number of carbonyl (C=O) groups excluding carboxylic acids is 1. The summed E-state index contributed by atoms with van der Waals surface area (Å²) in [7, 11) is 4.77. The topological polar surface area (TPSA) is 44.8 Å². The van der Waals surface area contributed by atoms with Gasteiger partial charge in [-0.1, -0.05) is 24.3 Å². The lowest BCUT2D eigenvalue weighted by Gasteiger charge is -2.11. The van der Waals surface area contributed by atoms with E-state index in [9.17, 15) is 9.18 Å². The summed E-state index contributed by atoms with van der Waals surface area (Å²) in [6.45, 7) is 0. The Morgan fingerprint density at radius 2 is 1.45 bits per heavy atom. The Kier molecular flexibility index (Phi) is 7.22. The van der Waals surface area contributed by atoms with Crippen LogP contribution in [0, 0.1) is 5.82 Å². The summed E-state index contributed by atoms with van der Waals surface area (Å²) >= 11 is 0. The fourth-order valence-corrected chi connectivity index (χ4v) is 3.00. The molecule has 3 rings (SSSR count). The van der Waals surface area contributed by atoms with Crippen LogP contribution < -0.4 is 14.2 Å². The predicted molar refractivity (Wildman–Crippen MR) is 121 cm³/mol. The van der Waals surface area contributed by atoms with Crippen molar-refractivity contribution >= 4 is 24.0 Å². The fraction of sp³-hybridized carbons (Fsp3) is 0.115. The zero-order valence-corrected chi connectivity index (χ0v) is 17.6. The molecule has 0 fully saturated rings. The lowest BCUT2D eigenvalue weighted by Crippen LogP contribution is -1.96. The maximum Gasteiger partial charge on any atom is 0.185 e. The Morgan fingerprint density at radius 3 is 2.06 bits per heavy atom. The van der Waals surface area contributed by atoms with Crippen molar-refractivity contribution in [1.82, 2.24) is 0 Å². The second-order valence-electron chi connectivity index (χ2n) is 6.64. The molecule has 3 aromatic carbocycles. The summed E-state index contributed by atoms with van der Waals surface area (Å²) in [6, 6.07) is 16.7. The van der Waals surface area contributed by atoms with Crippen molar-refractivity contribution in [1.29, 1.82) is 0 Å². The lowest BCUT2D eigenvalue weighted by molar-refractivity contribution is 0.104. The van der Waals surface area contributed by atoms with Crippen molar-refractivity contribution < 1.29 is 23.4 Å². The van der Waals surface area contributed by atoms with Crippen molar-refractivity contribution in [2.45, 2.75) is 0 Å². The van der Waals surface area contributed by atoms with Gasteiger partial charge in [-0.15, -0.1) is 0 Å². The largest absolute Gasteiger partial charge is 0.497 e. The van der Waals surface area contributed by atoms with Crippen LogP contribution >= 0.6 is 0 Å². The van der Waals surface area contributed by atoms with Crippen LogP contribution in [0.3, 0.4) is 0 Å². The Balaban J connectivity index is 1.96. The van der Waals surface area contributed by atoms with Crippen LogP contribution in [0.1, 0.15) is 27.0 Å². The standard InChI is InChI=1S/C26H23FO4/c1-29-22-12-5-18(6-13-22)4-7-20-16-23(30-2)17-26(31-3)24(20)14-15-25(28)19-8-10-21(27)11-9-19/h4-17H,1-3H3/b7-4+,15-14+. The number of rotatable bonds is 8. The Bertz CT molecular complexity index is 1100. The summed E-state index contributed by atoms with van der Waals surface area (Å²) in [6.07, 6.45) is 7.02. The van der Waals surface area contributed by atoms with Gasteiger partial charge < -0.3 is 14.2 Å². The molecule has 0 atom stereocenters. The number of benzene rings is 3. The van der Waals surface area contributed by atoms with Crippen LogP contribution in [0.5, 0.6) is 17.2 Å². The minimum atomic E-state index is -0.386. The van der Waals surface area contributed by atoms with Crippen molar-refractivity contribution in [3.8, 4) is 17.2 Å². The summed E-state index contributed by atoms with van der Waals surface area (Å²) in [4.78, 5) is 12.5. The van der Waals surface area contributed by atoms with E-state index in [4.69, 9.17) is 14.2 Å². The van der Waals surface area contributed by atoms with Crippen molar-refractivity contribution in [2.75, 3.05) is 21.3 Å². The first-order valence-electron chi connectivity index (χ1n) is 9.60. The first kappa shape index (κ1) is 21.8. The van der Waals surface area contributed by atoms with Crippen LogP contribution in [0.4, 0.5) is 4.39 Å². The van der Waals surface area contributed by atoms with Gasteiger partial charge in [-0.3, -0.25) is 4.79 Å². The van der Waals surface area contributed by atoms with Crippen LogP contribution in [0.2, 0.25) is 0 Å². The molecule has 31 heavy (non-hydrogen) atoms. The SMILES string of the molecule is COc1ccc(/C=C/c2cc(OC)cc(OC)c2/C=C/C(=O)c2ccc(F)cc2)cc1. The number of carbonyl (C=O) groups is 1. The van der Waals surface area contributed by atoms with Crippen molar-refractivity contribution in [3.63, 3.8) is 0 Å². The molecule has 0 saturated heterocycles. The van der Waals surface area contributed by atoms with Gasteiger partial charge in [0.15, 0.2) is 5.78 Å². The molecule has 158 valence electrons.